The number of halogens is 2. The van der Waals surface area contributed by atoms with E-state index in [4.69, 9.17) is 0 Å². The molecule has 0 radical (unpaired) electrons. The molecule has 0 bridgehead atoms. The summed E-state index contributed by atoms with van der Waals surface area (Å²) in [7, 11) is 1.57. The number of hydrogen-bond acceptors (Lipinski definition) is 5. The molecule has 3 heterocycles. The van der Waals surface area contributed by atoms with E-state index in [0.717, 1.165) is 0 Å². The van der Waals surface area contributed by atoms with Crippen molar-refractivity contribution in [3.05, 3.63) is 66.3 Å². The van der Waals surface area contributed by atoms with Gasteiger partial charge in [-0.1, -0.05) is 0 Å². The minimum Gasteiger partial charge on any atom is -0.355 e. The van der Waals surface area contributed by atoms with Crippen LogP contribution < -0.4 is 10.6 Å². The summed E-state index contributed by atoms with van der Waals surface area (Å²) in [6.45, 7) is 0.283. The van der Waals surface area contributed by atoms with Crippen molar-refractivity contribution in [3.63, 3.8) is 0 Å². The number of hydrogen-bond donors (Lipinski definition) is 2. The van der Waals surface area contributed by atoms with Gasteiger partial charge in [-0.3, -0.25) is 9.78 Å². The lowest BCUT2D eigenvalue weighted by atomic mass is 9.65. The lowest BCUT2D eigenvalue weighted by molar-refractivity contribution is 0.0958. The van der Waals surface area contributed by atoms with Crippen LogP contribution >= 0.6 is 0 Å². The summed E-state index contributed by atoms with van der Waals surface area (Å²) in [6.07, 6.45) is 7.59. The second kappa shape index (κ2) is 7.57. The lowest BCUT2D eigenvalue weighted by Crippen LogP contribution is -2.49. The molecule has 3 aromatic rings. The Morgan fingerprint density at radius 3 is 2.69 bits per heavy atom. The van der Waals surface area contributed by atoms with Crippen LogP contribution in [0.4, 0.5) is 14.7 Å². The average molecular weight is 398 g/mol. The fraction of sp³-hybridized carbons (Fsp3) is 0.300. The Morgan fingerprint density at radius 1 is 1.28 bits per heavy atom. The van der Waals surface area contributed by atoms with Crippen LogP contribution in [0.15, 0.2) is 49.2 Å². The molecule has 4 rings (SSSR count). The fourth-order valence-electron chi connectivity index (χ4n) is 3.62. The van der Waals surface area contributed by atoms with Crippen LogP contribution in [0.3, 0.4) is 0 Å². The van der Waals surface area contributed by atoms with Gasteiger partial charge in [-0.15, -0.1) is 0 Å². The highest BCUT2D eigenvalue weighted by molar-refractivity contribution is 5.93. The summed E-state index contributed by atoms with van der Waals surface area (Å²) in [4.78, 5) is 24.4. The van der Waals surface area contributed by atoms with Gasteiger partial charge in [0.2, 0.25) is 5.95 Å². The molecule has 3 aromatic heterocycles. The summed E-state index contributed by atoms with van der Waals surface area (Å²) in [6, 6.07) is 4.55. The molecular weight excluding hydrogens is 378 g/mol. The van der Waals surface area contributed by atoms with Gasteiger partial charge in [0.25, 0.3) is 5.91 Å². The van der Waals surface area contributed by atoms with Crippen LogP contribution in [0.1, 0.15) is 28.9 Å². The number of rotatable bonds is 6. The highest BCUT2D eigenvalue weighted by atomic mass is 19.1. The van der Waals surface area contributed by atoms with Crippen molar-refractivity contribution >= 4 is 11.9 Å². The van der Waals surface area contributed by atoms with Crippen molar-refractivity contribution < 1.29 is 13.6 Å². The first kappa shape index (κ1) is 19.0. The zero-order valence-electron chi connectivity index (χ0n) is 15.8. The molecule has 9 heteroatoms. The van der Waals surface area contributed by atoms with E-state index >= 15 is 0 Å². The molecule has 29 heavy (non-hydrogen) atoms. The van der Waals surface area contributed by atoms with E-state index in [1.807, 2.05) is 0 Å². The van der Waals surface area contributed by atoms with Gasteiger partial charge in [0.15, 0.2) is 0 Å². The number of amides is 1. The molecule has 1 aliphatic carbocycles. The second-order valence-electron chi connectivity index (χ2n) is 7.12. The zero-order valence-corrected chi connectivity index (χ0v) is 15.8. The lowest BCUT2D eigenvalue weighted by Gasteiger charge is -2.43. The molecule has 7 nitrogen and oxygen atoms in total. The van der Waals surface area contributed by atoms with Crippen molar-refractivity contribution in [2.24, 2.45) is 0 Å². The number of carbonyl (C=O) groups excluding carboxylic acids is 1. The largest absolute Gasteiger partial charge is 0.355 e. The maximum Gasteiger partial charge on any atom is 0.252 e. The second-order valence-corrected chi connectivity index (χ2v) is 7.12. The average Bonchev–Trinajstić information content (AvgIpc) is 3.21. The third-order valence-electron chi connectivity index (χ3n) is 5.19. The quantitative estimate of drug-likeness (QED) is 0.667. The molecule has 2 N–H and O–H groups in total. The number of pyridine rings is 1. The normalized spacial score (nSPS) is 20.7. The van der Waals surface area contributed by atoms with Crippen LogP contribution in [0.5, 0.6) is 0 Å². The topological polar surface area (TPSA) is 84.7 Å². The first-order chi connectivity index (χ1) is 14.0. The molecule has 0 saturated heterocycles. The molecule has 0 aliphatic heterocycles. The summed E-state index contributed by atoms with van der Waals surface area (Å²) in [5.74, 6) is -0.260. The smallest absolute Gasteiger partial charge is 0.252 e. The molecule has 0 spiro atoms. The van der Waals surface area contributed by atoms with Crippen molar-refractivity contribution in [2.45, 2.75) is 24.4 Å². The first-order valence-electron chi connectivity index (χ1n) is 9.22. The standard InChI is InChI=1S/C20H20F2N6O/c1-23-18(29)13-4-6-28(11-13)15-9-25-19(26-10-15)27-12-20(7-14(21)8-20)17-16(22)3-2-5-24-17/h2-6,9-11,14H,7-8,12H2,1H3,(H,23,29)(H,25,26,27)/t14-,20-. The van der Waals surface area contributed by atoms with Crippen LogP contribution in [-0.4, -0.2) is 45.2 Å². The molecule has 0 unspecified atom stereocenters. The SMILES string of the molecule is CNC(=O)c1ccn(-c2cnc(NC[C@]3(c4ncccc4F)C[C@H](F)C3)nc2)c1. The van der Waals surface area contributed by atoms with Gasteiger partial charge in [-0.05, 0) is 31.0 Å². The van der Waals surface area contributed by atoms with E-state index in [1.165, 1.54) is 18.3 Å². The number of nitrogens with zero attached hydrogens (tertiary/aromatic N) is 4. The van der Waals surface area contributed by atoms with E-state index in [-0.39, 0.29) is 31.0 Å². The molecule has 1 amide bonds. The third-order valence-corrected chi connectivity index (χ3v) is 5.19. The number of carbonyl (C=O) groups is 1. The highest BCUT2D eigenvalue weighted by Gasteiger charge is 2.48. The Hall–Kier alpha value is -3.36. The third kappa shape index (κ3) is 3.67. The van der Waals surface area contributed by atoms with Gasteiger partial charge in [0.1, 0.15) is 12.0 Å². The summed E-state index contributed by atoms with van der Waals surface area (Å²) < 4.78 is 29.6. The van der Waals surface area contributed by atoms with Gasteiger partial charge < -0.3 is 15.2 Å². The van der Waals surface area contributed by atoms with Crippen molar-refractivity contribution in [1.29, 1.82) is 0 Å². The molecule has 1 saturated carbocycles. The van der Waals surface area contributed by atoms with Crippen LogP contribution in [0, 0.1) is 5.82 Å². The van der Waals surface area contributed by atoms with E-state index in [9.17, 15) is 13.6 Å². The maximum atomic E-state index is 14.2. The molecule has 150 valence electrons. The van der Waals surface area contributed by atoms with Crippen LogP contribution in [0.2, 0.25) is 0 Å². The fourth-order valence-corrected chi connectivity index (χ4v) is 3.62. The van der Waals surface area contributed by atoms with E-state index in [2.05, 4.69) is 25.6 Å². The molecule has 1 aliphatic rings. The number of aromatic nitrogens is 4. The van der Waals surface area contributed by atoms with Crippen molar-refractivity contribution in [1.82, 2.24) is 24.8 Å². The van der Waals surface area contributed by atoms with Gasteiger partial charge in [0.05, 0.1) is 29.3 Å². The van der Waals surface area contributed by atoms with Crippen LogP contribution in [-0.2, 0) is 5.41 Å². The Labute approximate surface area is 166 Å². The van der Waals surface area contributed by atoms with E-state index < -0.39 is 17.4 Å². The predicted octanol–water partition coefficient (Wildman–Crippen LogP) is 2.64. The maximum absolute atomic E-state index is 14.2. The zero-order chi connectivity index (χ0) is 20.4. The Kier molecular flexibility index (Phi) is 4.96. The summed E-state index contributed by atoms with van der Waals surface area (Å²) in [5.41, 5.74) is 0.769. The molecule has 1 fully saturated rings. The van der Waals surface area contributed by atoms with Gasteiger partial charge in [0, 0.05) is 37.6 Å². The summed E-state index contributed by atoms with van der Waals surface area (Å²) >= 11 is 0. The van der Waals surface area contributed by atoms with Gasteiger partial charge in [-0.2, -0.15) is 0 Å². The van der Waals surface area contributed by atoms with E-state index in [0.29, 0.717) is 17.2 Å². The monoisotopic (exact) mass is 398 g/mol. The molecule has 0 atom stereocenters. The Morgan fingerprint density at radius 2 is 2.03 bits per heavy atom. The minimum atomic E-state index is -0.968. The Bertz CT molecular complexity index is 1010. The minimum absolute atomic E-state index is 0.179. The predicted molar refractivity (Wildman–Crippen MR) is 103 cm³/mol. The Balaban J connectivity index is 1.47. The number of nitrogens with one attached hydrogen (secondary N) is 2. The van der Waals surface area contributed by atoms with Crippen molar-refractivity contribution in [3.8, 4) is 5.69 Å². The number of alkyl halides is 1. The summed E-state index contributed by atoms with van der Waals surface area (Å²) in [5, 5.41) is 5.64. The van der Waals surface area contributed by atoms with Crippen LogP contribution in [0.25, 0.3) is 5.69 Å². The van der Waals surface area contributed by atoms with E-state index in [1.54, 1.807) is 42.5 Å². The van der Waals surface area contributed by atoms with Gasteiger partial charge in [-0.25, -0.2) is 18.7 Å². The highest BCUT2D eigenvalue weighted by Crippen LogP contribution is 2.45. The molecule has 0 aromatic carbocycles. The van der Waals surface area contributed by atoms with Gasteiger partial charge >= 0.3 is 0 Å². The number of anilines is 1. The first-order valence-corrected chi connectivity index (χ1v) is 9.22. The molecular formula is C20H20F2N6O. The van der Waals surface area contributed by atoms with Crippen molar-refractivity contribution in [2.75, 3.05) is 18.9 Å².